The second kappa shape index (κ2) is 11.1. The molecular formula is C20H33IN4O2. The van der Waals surface area contributed by atoms with E-state index < -0.39 is 0 Å². The van der Waals surface area contributed by atoms with E-state index in [0.29, 0.717) is 0 Å². The third-order valence-corrected chi connectivity index (χ3v) is 5.13. The van der Waals surface area contributed by atoms with Gasteiger partial charge in [-0.2, -0.15) is 0 Å². The van der Waals surface area contributed by atoms with Crippen LogP contribution in [-0.2, 0) is 15.9 Å². The van der Waals surface area contributed by atoms with Gasteiger partial charge in [-0.3, -0.25) is 4.99 Å². The van der Waals surface area contributed by atoms with E-state index >= 15 is 0 Å². The maximum absolute atomic E-state index is 5.94. The van der Waals surface area contributed by atoms with E-state index in [-0.39, 0.29) is 36.2 Å². The van der Waals surface area contributed by atoms with Crippen LogP contribution >= 0.6 is 24.0 Å². The molecule has 0 bridgehead atoms. The third-order valence-electron chi connectivity index (χ3n) is 5.13. The fraction of sp³-hybridized carbons (Fsp3) is 0.650. The van der Waals surface area contributed by atoms with Crippen LogP contribution in [0.25, 0.3) is 0 Å². The van der Waals surface area contributed by atoms with Crippen LogP contribution in [0, 0.1) is 0 Å². The summed E-state index contributed by atoms with van der Waals surface area (Å²) in [5.41, 5.74) is 2.56. The van der Waals surface area contributed by atoms with Crippen molar-refractivity contribution in [1.82, 2.24) is 10.2 Å². The second-order valence-corrected chi connectivity index (χ2v) is 7.19. The van der Waals surface area contributed by atoms with Crippen molar-refractivity contribution in [2.45, 2.75) is 31.5 Å². The molecule has 2 heterocycles. The van der Waals surface area contributed by atoms with Gasteiger partial charge in [0.1, 0.15) is 6.10 Å². The summed E-state index contributed by atoms with van der Waals surface area (Å²) in [6.07, 6.45) is 3.62. The molecule has 0 aliphatic carbocycles. The molecule has 7 heteroatoms. The molecule has 2 fully saturated rings. The highest BCUT2D eigenvalue weighted by Gasteiger charge is 2.32. The first-order valence-corrected chi connectivity index (χ1v) is 9.62. The number of ether oxygens (including phenoxy) is 2. The van der Waals surface area contributed by atoms with Crippen molar-refractivity contribution in [2.24, 2.45) is 4.99 Å². The number of nitrogens with one attached hydrogen (secondary N) is 1. The zero-order valence-corrected chi connectivity index (χ0v) is 19.0. The predicted molar refractivity (Wildman–Crippen MR) is 122 cm³/mol. The molecule has 1 N–H and O–H groups in total. The lowest BCUT2D eigenvalue weighted by Crippen LogP contribution is -2.53. The molecule has 0 spiro atoms. The van der Waals surface area contributed by atoms with Crippen molar-refractivity contribution in [3.8, 4) is 0 Å². The molecule has 0 amide bonds. The monoisotopic (exact) mass is 488 g/mol. The van der Waals surface area contributed by atoms with Gasteiger partial charge in [-0.1, -0.05) is 12.1 Å². The SMILES string of the molecule is CN=C(NCCc1ccc(N(C)C)cc1)N1CCOC(C2CCCO2)C1.I. The van der Waals surface area contributed by atoms with E-state index in [1.165, 1.54) is 11.3 Å². The highest BCUT2D eigenvalue weighted by atomic mass is 127. The summed E-state index contributed by atoms with van der Waals surface area (Å²) in [6, 6.07) is 8.72. The fourth-order valence-corrected chi connectivity index (χ4v) is 3.60. The maximum Gasteiger partial charge on any atom is 0.193 e. The van der Waals surface area contributed by atoms with E-state index in [1.54, 1.807) is 0 Å². The van der Waals surface area contributed by atoms with Crippen LogP contribution in [0.5, 0.6) is 0 Å². The van der Waals surface area contributed by atoms with Crippen molar-refractivity contribution >= 4 is 35.6 Å². The van der Waals surface area contributed by atoms with Crippen LogP contribution in [-0.4, -0.2) is 77.1 Å². The average Bonchev–Trinajstić information content (AvgIpc) is 3.20. The first-order valence-electron chi connectivity index (χ1n) is 9.62. The van der Waals surface area contributed by atoms with E-state index in [4.69, 9.17) is 9.47 Å². The molecule has 3 rings (SSSR count). The Morgan fingerprint density at radius 3 is 2.56 bits per heavy atom. The van der Waals surface area contributed by atoms with E-state index in [2.05, 4.69) is 58.5 Å². The lowest BCUT2D eigenvalue weighted by molar-refractivity contribution is -0.0816. The Kier molecular flexibility index (Phi) is 9.11. The molecule has 2 aliphatic heterocycles. The number of morpholine rings is 1. The van der Waals surface area contributed by atoms with Crippen molar-refractivity contribution in [2.75, 3.05) is 58.9 Å². The van der Waals surface area contributed by atoms with Crippen LogP contribution in [0.4, 0.5) is 5.69 Å². The molecule has 27 heavy (non-hydrogen) atoms. The summed E-state index contributed by atoms with van der Waals surface area (Å²) in [5.74, 6) is 0.959. The molecule has 152 valence electrons. The van der Waals surface area contributed by atoms with Crippen LogP contribution in [0.15, 0.2) is 29.3 Å². The molecule has 6 nitrogen and oxygen atoms in total. The van der Waals surface area contributed by atoms with E-state index in [0.717, 1.165) is 58.1 Å². The Hall–Kier alpha value is -1.06. The maximum atomic E-state index is 5.94. The van der Waals surface area contributed by atoms with Gasteiger partial charge < -0.3 is 24.6 Å². The Morgan fingerprint density at radius 2 is 1.93 bits per heavy atom. The molecule has 0 aromatic heterocycles. The molecule has 2 aliphatic rings. The number of hydrogen-bond donors (Lipinski definition) is 1. The number of anilines is 1. The minimum Gasteiger partial charge on any atom is -0.378 e. The first kappa shape index (κ1) is 22.2. The van der Waals surface area contributed by atoms with E-state index in [1.807, 2.05) is 7.05 Å². The van der Waals surface area contributed by atoms with Crippen molar-refractivity contribution in [3.63, 3.8) is 0 Å². The van der Waals surface area contributed by atoms with Crippen molar-refractivity contribution < 1.29 is 9.47 Å². The van der Waals surface area contributed by atoms with Gasteiger partial charge in [-0.25, -0.2) is 0 Å². The Labute approximate surface area is 180 Å². The minimum atomic E-state index is 0. The van der Waals surface area contributed by atoms with Crippen molar-refractivity contribution in [3.05, 3.63) is 29.8 Å². The predicted octanol–water partition coefficient (Wildman–Crippen LogP) is 2.37. The number of benzene rings is 1. The molecule has 1 aromatic carbocycles. The summed E-state index contributed by atoms with van der Waals surface area (Å²) in [5, 5.41) is 3.51. The Balaban J connectivity index is 0.00000261. The quantitative estimate of drug-likeness (QED) is 0.392. The van der Waals surface area contributed by atoms with Crippen LogP contribution in [0.2, 0.25) is 0 Å². The Morgan fingerprint density at radius 1 is 1.19 bits per heavy atom. The molecule has 0 radical (unpaired) electrons. The smallest absolute Gasteiger partial charge is 0.193 e. The number of hydrogen-bond acceptors (Lipinski definition) is 4. The van der Waals surface area contributed by atoms with Gasteiger partial charge in [0.25, 0.3) is 0 Å². The van der Waals surface area contributed by atoms with E-state index in [9.17, 15) is 0 Å². The summed E-state index contributed by atoms with van der Waals surface area (Å²) >= 11 is 0. The molecule has 2 saturated heterocycles. The lowest BCUT2D eigenvalue weighted by atomic mass is 10.1. The number of guanidine groups is 1. The standard InChI is InChI=1S/C20H32N4O2.HI/c1-21-20(22-11-10-16-6-8-17(9-7-16)23(2)3)24-12-14-26-19(15-24)18-5-4-13-25-18;/h6-9,18-19H,4-5,10-15H2,1-3H3,(H,21,22);1H. The van der Waals surface area contributed by atoms with Gasteiger partial charge in [0.15, 0.2) is 5.96 Å². The summed E-state index contributed by atoms with van der Waals surface area (Å²) in [7, 11) is 5.98. The van der Waals surface area contributed by atoms with Gasteiger partial charge >= 0.3 is 0 Å². The van der Waals surface area contributed by atoms with Gasteiger partial charge in [0.05, 0.1) is 12.7 Å². The Bertz CT molecular complexity index is 588. The second-order valence-electron chi connectivity index (χ2n) is 7.19. The van der Waals surface area contributed by atoms with Crippen molar-refractivity contribution in [1.29, 1.82) is 0 Å². The zero-order valence-electron chi connectivity index (χ0n) is 16.7. The summed E-state index contributed by atoms with van der Waals surface area (Å²) < 4.78 is 11.7. The number of nitrogens with zero attached hydrogens (tertiary/aromatic N) is 3. The molecule has 2 atom stereocenters. The minimum absolute atomic E-state index is 0. The number of aliphatic imine (C=N–C) groups is 1. The van der Waals surface area contributed by atoms with Crippen LogP contribution in [0.1, 0.15) is 18.4 Å². The third kappa shape index (κ3) is 6.22. The lowest BCUT2D eigenvalue weighted by Gasteiger charge is -2.37. The summed E-state index contributed by atoms with van der Waals surface area (Å²) in [6.45, 7) is 4.19. The van der Waals surface area contributed by atoms with Gasteiger partial charge in [0, 0.05) is 53.1 Å². The van der Waals surface area contributed by atoms with Gasteiger partial charge in [0.2, 0.25) is 0 Å². The topological polar surface area (TPSA) is 49.3 Å². The van der Waals surface area contributed by atoms with Crippen LogP contribution in [0.3, 0.4) is 0 Å². The zero-order chi connectivity index (χ0) is 18.4. The highest BCUT2D eigenvalue weighted by Crippen LogP contribution is 2.21. The normalized spacial score (nSPS) is 23.1. The molecular weight excluding hydrogens is 455 g/mol. The van der Waals surface area contributed by atoms with Gasteiger partial charge in [-0.15, -0.1) is 24.0 Å². The van der Waals surface area contributed by atoms with Gasteiger partial charge in [-0.05, 0) is 37.0 Å². The average molecular weight is 488 g/mol. The molecule has 0 saturated carbocycles. The highest BCUT2D eigenvalue weighted by molar-refractivity contribution is 14.0. The summed E-state index contributed by atoms with van der Waals surface area (Å²) in [4.78, 5) is 8.88. The molecule has 2 unspecified atom stereocenters. The van der Waals surface area contributed by atoms with Crippen LogP contribution < -0.4 is 10.2 Å². The largest absolute Gasteiger partial charge is 0.378 e. The molecule has 1 aromatic rings. The number of halogens is 1. The first-order chi connectivity index (χ1) is 12.7. The number of rotatable bonds is 5. The fourth-order valence-electron chi connectivity index (χ4n) is 3.60.